The minimum atomic E-state index is -0.0894. The Morgan fingerprint density at radius 1 is 0.938 bits per heavy atom. The molecule has 0 saturated carbocycles. The highest BCUT2D eigenvalue weighted by Crippen LogP contribution is 2.19. The third-order valence-electron chi connectivity index (χ3n) is 5.25. The van der Waals surface area contributed by atoms with Crippen LogP contribution in [0, 0.1) is 0 Å². The minimum absolute atomic E-state index is 0.0894. The Bertz CT molecular complexity index is 972. The third-order valence-corrected chi connectivity index (χ3v) is 6.22. The van der Waals surface area contributed by atoms with Gasteiger partial charge in [0.1, 0.15) is 5.75 Å². The van der Waals surface area contributed by atoms with Crippen LogP contribution in [0.2, 0.25) is 0 Å². The van der Waals surface area contributed by atoms with Gasteiger partial charge in [-0.1, -0.05) is 30.3 Å². The van der Waals surface area contributed by atoms with Crippen molar-refractivity contribution in [2.24, 2.45) is 0 Å². The number of nitrogens with one attached hydrogen (secondary N) is 1. The molecule has 0 atom stereocenters. The van der Waals surface area contributed by atoms with Gasteiger partial charge in [-0.05, 0) is 54.1 Å². The van der Waals surface area contributed by atoms with Crippen molar-refractivity contribution in [3.63, 3.8) is 0 Å². The van der Waals surface area contributed by atoms with Gasteiger partial charge in [-0.15, -0.1) is 11.8 Å². The zero-order valence-electron chi connectivity index (χ0n) is 18.0. The Morgan fingerprint density at radius 2 is 1.66 bits per heavy atom. The molecule has 1 aliphatic rings. The first-order valence-corrected chi connectivity index (χ1v) is 11.9. The summed E-state index contributed by atoms with van der Waals surface area (Å²) in [6.45, 7) is 4.49. The van der Waals surface area contributed by atoms with E-state index in [4.69, 9.17) is 9.47 Å². The lowest BCUT2D eigenvalue weighted by Gasteiger charge is -2.28. The predicted octanol–water partition coefficient (Wildman–Crippen LogP) is 4.62. The molecule has 1 fully saturated rings. The Labute approximate surface area is 193 Å². The van der Waals surface area contributed by atoms with Crippen LogP contribution in [0.25, 0.3) is 0 Å². The number of amides is 1. The van der Waals surface area contributed by atoms with Crippen LogP contribution >= 0.6 is 11.8 Å². The summed E-state index contributed by atoms with van der Waals surface area (Å²) in [6, 6.07) is 25.9. The van der Waals surface area contributed by atoms with Gasteiger partial charge >= 0.3 is 0 Å². The molecular formula is C26H28N2O3S. The Kier molecular flexibility index (Phi) is 8.06. The highest BCUT2D eigenvalue weighted by atomic mass is 32.2. The first-order chi connectivity index (χ1) is 15.8. The van der Waals surface area contributed by atoms with E-state index in [2.05, 4.69) is 46.6 Å². The molecule has 166 valence electrons. The summed E-state index contributed by atoms with van der Waals surface area (Å²) in [4.78, 5) is 16.0. The van der Waals surface area contributed by atoms with Gasteiger partial charge in [0, 0.05) is 41.5 Å². The number of carbonyl (C=O) groups excluding carboxylic acids is 1. The lowest BCUT2D eigenvalue weighted by molar-refractivity contribution is 0.0951. The summed E-state index contributed by atoms with van der Waals surface area (Å²) < 4.78 is 11.2. The van der Waals surface area contributed by atoms with E-state index in [0.717, 1.165) is 43.4 Å². The number of hydrogen-bond donors (Lipinski definition) is 1. The summed E-state index contributed by atoms with van der Waals surface area (Å²) in [5.41, 5.74) is 2.90. The van der Waals surface area contributed by atoms with Crippen molar-refractivity contribution in [3.8, 4) is 5.75 Å². The molecular weight excluding hydrogens is 420 g/mol. The number of benzene rings is 3. The van der Waals surface area contributed by atoms with E-state index in [0.29, 0.717) is 18.7 Å². The topological polar surface area (TPSA) is 50.8 Å². The number of anilines is 1. The van der Waals surface area contributed by atoms with Gasteiger partial charge in [0.25, 0.3) is 5.91 Å². The summed E-state index contributed by atoms with van der Waals surface area (Å²) in [5.74, 6) is 1.55. The number of hydrogen-bond acceptors (Lipinski definition) is 5. The maximum absolute atomic E-state index is 12.5. The molecule has 4 rings (SSSR count). The van der Waals surface area contributed by atoms with Crippen molar-refractivity contribution >= 4 is 23.4 Å². The van der Waals surface area contributed by atoms with Crippen LogP contribution in [0.4, 0.5) is 5.69 Å². The second-order valence-corrected chi connectivity index (χ2v) is 8.65. The van der Waals surface area contributed by atoms with E-state index in [1.807, 2.05) is 30.3 Å². The lowest BCUT2D eigenvalue weighted by atomic mass is 10.1. The molecule has 0 radical (unpaired) electrons. The zero-order valence-corrected chi connectivity index (χ0v) is 18.9. The molecule has 5 nitrogen and oxygen atoms in total. The number of nitrogens with zero attached hydrogens (tertiary/aromatic N) is 1. The molecule has 32 heavy (non-hydrogen) atoms. The van der Waals surface area contributed by atoms with Gasteiger partial charge in [0.2, 0.25) is 0 Å². The van der Waals surface area contributed by atoms with Crippen LogP contribution in [0.3, 0.4) is 0 Å². The average Bonchev–Trinajstić information content (AvgIpc) is 2.87. The summed E-state index contributed by atoms with van der Waals surface area (Å²) in [7, 11) is 0. The quantitative estimate of drug-likeness (QED) is 0.382. The van der Waals surface area contributed by atoms with Gasteiger partial charge in [-0.2, -0.15) is 0 Å². The van der Waals surface area contributed by atoms with E-state index in [9.17, 15) is 4.79 Å². The molecule has 0 bridgehead atoms. The SMILES string of the molecule is O=C(NCc1ccc(N2CCOCC2)cc1)c1ccc(OCCSc2ccccc2)cc1. The van der Waals surface area contributed by atoms with Crippen LogP contribution in [-0.2, 0) is 11.3 Å². The Balaban J connectivity index is 1.19. The van der Waals surface area contributed by atoms with E-state index in [-0.39, 0.29) is 5.91 Å². The third kappa shape index (κ3) is 6.52. The van der Waals surface area contributed by atoms with Gasteiger partial charge in [-0.25, -0.2) is 0 Å². The second kappa shape index (κ2) is 11.6. The van der Waals surface area contributed by atoms with Gasteiger partial charge in [0.05, 0.1) is 19.8 Å². The molecule has 0 aromatic heterocycles. The van der Waals surface area contributed by atoms with Gasteiger partial charge in [0.15, 0.2) is 0 Å². The van der Waals surface area contributed by atoms with Crippen molar-refractivity contribution in [2.45, 2.75) is 11.4 Å². The smallest absolute Gasteiger partial charge is 0.251 e. The van der Waals surface area contributed by atoms with Crippen LogP contribution in [0.15, 0.2) is 83.8 Å². The van der Waals surface area contributed by atoms with Gasteiger partial charge < -0.3 is 19.7 Å². The molecule has 6 heteroatoms. The highest BCUT2D eigenvalue weighted by molar-refractivity contribution is 7.99. The molecule has 1 N–H and O–H groups in total. The average molecular weight is 449 g/mol. The molecule has 0 unspecified atom stereocenters. The fourth-order valence-corrected chi connectivity index (χ4v) is 4.22. The summed E-state index contributed by atoms with van der Waals surface area (Å²) in [5, 5.41) is 2.99. The molecule has 3 aromatic rings. The van der Waals surface area contributed by atoms with Gasteiger partial charge in [-0.3, -0.25) is 4.79 Å². The molecule has 1 heterocycles. The van der Waals surface area contributed by atoms with Crippen LogP contribution in [0.5, 0.6) is 5.75 Å². The lowest BCUT2D eigenvalue weighted by Crippen LogP contribution is -2.36. The monoisotopic (exact) mass is 448 g/mol. The molecule has 1 amide bonds. The fraction of sp³-hybridized carbons (Fsp3) is 0.269. The first-order valence-electron chi connectivity index (χ1n) is 10.9. The Hall–Kier alpha value is -2.96. The van der Waals surface area contributed by atoms with Crippen LogP contribution in [0.1, 0.15) is 15.9 Å². The fourth-order valence-electron chi connectivity index (χ4n) is 3.47. The Morgan fingerprint density at radius 3 is 2.38 bits per heavy atom. The maximum atomic E-state index is 12.5. The van der Waals surface area contributed by atoms with Crippen LogP contribution in [-0.4, -0.2) is 44.6 Å². The summed E-state index contributed by atoms with van der Waals surface area (Å²) in [6.07, 6.45) is 0. The minimum Gasteiger partial charge on any atom is -0.493 e. The molecule has 1 aliphatic heterocycles. The highest BCUT2D eigenvalue weighted by Gasteiger charge is 2.11. The van der Waals surface area contributed by atoms with E-state index >= 15 is 0 Å². The number of thioether (sulfide) groups is 1. The second-order valence-electron chi connectivity index (χ2n) is 7.48. The van der Waals surface area contributed by atoms with Crippen molar-refractivity contribution in [3.05, 3.63) is 90.0 Å². The number of carbonyl (C=O) groups is 1. The van der Waals surface area contributed by atoms with E-state index in [1.54, 1.807) is 23.9 Å². The number of rotatable bonds is 9. The summed E-state index contributed by atoms with van der Waals surface area (Å²) >= 11 is 1.76. The van der Waals surface area contributed by atoms with Crippen LogP contribution < -0.4 is 15.0 Å². The molecule has 3 aromatic carbocycles. The molecule has 0 aliphatic carbocycles. The largest absolute Gasteiger partial charge is 0.493 e. The van der Waals surface area contributed by atoms with E-state index in [1.165, 1.54) is 10.6 Å². The number of morpholine rings is 1. The maximum Gasteiger partial charge on any atom is 0.251 e. The van der Waals surface area contributed by atoms with Crippen molar-refractivity contribution in [2.75, 3.05) is 43.6 Å². The predicted molar refractivity (Wildman–Crippen MR) is 130 cm³/mol. The van der Waals surface area contributed by atoms with Crippen molar-refractivity contribution < 1.29 is 14.3 Å². The van der Waals surface area contributed by atoms with E-state index < -0.39 is 0 Å². The number of ether oxygens (including phenoxy) is 2. The molecule has 1 saturated heterocycles. The van der Waals surface area contributed by atoms with Crippen molar-refractivity contribution in [1.82, 2.24) is 5.32 Å². The zero-order chi connectivity index (χ0) is 22.0. The first kappa shape index (κ1) is 22.2. The normalized spacial score (nSPS) is 13.6. The standard InChI is InChI=1S/C26H28N2O3S/c29-26(27-20-21-6-10-23(11-7-21)28-14-16-30-17-15-28)22-8-12-24(13-9-22)31-18-19-32-25-4-2-1-3-5-25/h1-13H,14-20H2,(H,27,29). The molecule has 0 spiro atoms. The van der Waals surface area contributed by atoms with Crippen molar-refractivity contribution in [1.29, 1.82) is 0 Å².